The first-order valence-corrected chi connectivity index (χ1v) is 11.0. The average molecular weight is 472 g/mol. The molecule has 1 aromatic carbocycles. The molecule has 1 aromatic heterocycles. The number of alkyl carbamates (subject to hydrolysis) is 1. The number of sulfonamides is 1. The van der Waals surface area contributed by atoms with Crippen LogP contribution in [0, 0.1) is 5.21 Å². The molecule has 0 aliphatic carbocycles. The Morgan fingerprint density at radius 2 is 2.07 bits per heavy atom. The molecule has 0 spiro atoms. The number of pyridine rings is 1. The third-order valence-electron chi connectivity index (χ3n) is 4.29. The Bertz CT molecular complexity index is 1020. The van der Waals surface area contributed by atoms with E-state index in [9.17, 15) is 18.4 Å². The number of nitrogens with one attached hydrogen (secondary N) is 1. The van der Waals surface area contributed by atoms with E-state index in [0.29, 0.717) is 26.4 Å². The number of amides is 1. The van der Waals surface area contributed by atoms with Crippen LogP contribution in [0.1, 0.15) is 27.2 Å². The van der Waals surface area contributed by atoms with Gasteiger partial charge in [0.15, 0.2) is 12.4 Å². The second kappa shape index (κ2) is 7.49. The Hall–Kier alpha value is -1.91. The summed E-state index contributed by atoms with van der Waals surface area (Å²) >= 11 is 3.29. The number of hydrogen-bond acceptors (Lipinski definition) is 5. The fraction of sp³-hybridized carbons (Fsp3) is 0.444. The molecule has 1 N–H and O–H groups in total. The standard InChI is InChI=1S/C18H22BrN3O5S/c1-18(2,3)27-17(23)20-13-7-8-22(10-13)28(25,26)15-6-4-5-12-9-21(24)11-14(19)16(12)15/h4-6,9,11,13H,7-8,10H2,1-3H3,(H,20,23). The quantitative estimate of drug-likeness (QED) is 0.547. The molecule has 2 aromatic rings. The number of ether oxygens (including phenoxy) is 1. The zero-order valence-electron chi connectivity index (χ0n) is 15.8. The largest absolute Gasteiger partial charge is 0.619 e. The maximum atomic E-state index is 13.2. The fourth-order valence-electron chi connectivity index (χ4n) is 3.15. The van der Waals surface area contributed by atoms with Gasteiger partial charge in [-0.25, -0.2) is 13.2 Å². The Kier molecular flexibility index (Phi) is 5.57. The minimum Gasteiger partial charge on any atom is -0.619 e. The maximum absolute atomic E-state index is 13.2. The third-order valence-corrected chi connectivity index (χ3v) is 6.80. The summed E-state index contributed by atoms with van der Waals surface area (Å²) in [5, 5.41) is 15.3. The molecule has 2 heterocycles. The van der Waals surface area contributed by atoms with Crippen LogP contribution in [-0.2, 0) is 14.8 Å². The first kappa shape index (κ1) is 20.8. The molecule has 1 saturated heterocycles. The van der Waals surface area contributed by atoms with Crippen LogP contribution < -0.4 is 10.0 Å². The topological polar surface area (TPSA) is 103 Å². The van der Waals surface area contributed by atoms with Gasteiger partial charge in [0, 0.05) is 29.9 Å². The summed E-state index contributed by atoms with van der Waals surface area (Å²) in [5.41, 5.74) is -0.623. The van der Waals surface area contributed by atoms with Gasteiger partial charge in [0.05, 0.1) is 9.37 Å². The highest BCUT2D eigenvalue weighted by atomic mass is 79.9. The first-order chi connectivity index (χ1) is 13.0. The van der Waals surface area contributed by atoms with Crippen LogP contribution in [0.25, 0.3) is 10.8 Å². The van der Waals surface area contributed by atoms with Crippen LogP contribution >= 0.6 is 15.9 Å². The van der Waals surface area contributed by atoms with E-state index >= 15 is 0 Å². The number of fused-ring (bicyclic) bond motifs is 1. The van der Waals surface area contributed by atoms with E-state index in [-0.39, 0.29) is 24.0 Å². The van der Waals surface area contributed by atoms with Gasteiger partial charge in [-0.15, -0.1) is 0 Å². The van der Waals surface area contributed by atoms with E-state index in [2.05, 4.69) is 21.2 Å². The second-order valence-corrected chi connectivity index (χ2v) is 10.4. The lowest BCUT2D eigenvalue weighted by Crippen LogP contribution is -2.41. The van der Waals surface area contributed by atoms with Crippen LogP contribution in [-0.4, -0.2) is 43.5 Å². The Morgan fingerprint density at radius 3 is 2.75 bits per heavy atom. The van der Waals surface area contributed by atoms with Gasteiger partial charge in [0.2, 0.25) is 10.0 Å². The predicted octanol–water partition coefficient (Wildman–Crippen LogP) is 2.52. The summed E-state index contributed by atoms with van der Waals surface area (Å²) in [6.07, 6.45) is 2.53. The van der Waals surface area contributed by atoms with Gasteiger partial charge >= 0.3 is 6.09 Å². The molecular weight excluding hydrogens is 450 g/mol. The number of carbonyl (C=O) groups is 1. The van der Waals surface area contributed by atoms with Gasteiger partial charge in [-0.2, -0.15) is 9.04 Å². The Morgan fingerprint density at radius 1 is 1.36 bits per heavy atom. The van der Waals surface area contributed by atoms with E-state index < -0.39 is 21.7 Å². The Balaban J connectivity index is 1.83. The normalized spacial score (nSPS) is 18.4. The lowest BCUT2D eigenvalue weighted by atomic mass is 10.2. The number of hydrogen-bond donors (Lipinski definition) is 1. The van der Waals surface area contributed by atoms with Crippen molar-refractivity contribution in [1.29, 1.82) is 0 Å². The molecule has 1 unspecified atom stereocenters. The third kappa shape index (κ3) is 4.39. The van der Waals surface area contributed by atoms with Crippen molar-refractivity contribution in [3.8, 4) is 0 Å². The molecule has 28 heavy (non-hydrogen) atoms. The van der Waals surface area contributed by atoms with Gasteiger partial charge in [-0.3, -0.25) is 0 Å². The summed E-state index contributed by atoms with van der Waals surface area (Å²) in [7, 11) is -3.80. The summed E-state index contributed by atoms with van der Waals surface area (Å²) in [6, 6.07) is 4.48. The minimum atomic E-state index is -3.80. The minimum absolute atomic E-state index is 0.121. The summed E-state index contributed by atoms with van der Waals surface area (Å²) in [6.45, 7) is 5.74. The molecule has 1 fully saturated rings. The van der Waals surface area contributed by atoms with Crippen molar-refractivity contribution >= 4 is 42.8 Å². The Labute approximate surface area is 172 Å². The molecule has 1 aliphatic heterocycles. The summed E-state index contributed by atoms with van der Waals surface area (Å²) in [5.74, 6) is 0. The molecule has 8 nitrogen and oxygen atoms in total. The number of aromatic nitrogens is 1. The highest BCUT2D eigenvalue weighted by molar-refractivity contribution is 9.10. The van der Waals surface area contributed by atoms with E-state index in [0.717, 1.165) is 0 Å². The molecule has 1 aliphatic rings. The van der Waals surface area contributed by atoms with Crippen molar-refractivity contribution in [1.82, 2.24) is 9.62 Å². The maximum Gasteiger partial charge on any atom is 0.407 e. The number of nitrogens with zero attached hydrogens (tertiary/aromatic N) is 2. The number of benzene rings is 1. The predicted molar refractivity (Wildman–Crippen MR) is 107 cm³/mol. The van der Waals surface area contributed by atoms with Gasteiger partial charge < -0.3 is 15.3 Å². The van der Waals surface area contributed by atoms with Crippen molar-refractivity contribution in [2.75, 3.05) is 13.1 Å². The van der Waals surface area contributed by atoms with Crippen molar-refractivity contribution in [2.45, 2.75) is 43.7 Å². The van der Waals surface area contributed by atoms with Crippen molar-refractivity contribution in [3.05, 3.63) is 40.3 Å². The smallest absolute Gasteiger partial charge is 0.407 e. The van der Waals surface area contributed by atoms with Crippen molar-refractivity contribution in [3.63, 3.8) is 0 Å². The molecule has 10 heteroatoms. The molecule has 3 rings (SSSR count). The van der Waals surface area contributed by atoms with Crippen molar-refractivity contribution < 1.29 is 22.7 Å². The van der Waals surface area contributed by atoms with E-state index in [4.69, 9.17) is 4.74 Å². The number of carbonyl (C=O) groups excluding carboxylic acids is 1. The van der Waals surface area contributed by atoms with Crippen LogP contribution in [0.4, 0.5) is 4.79 Å². The zero-order chi connectivity index (χ0) is 20.7. The van der Waals surface area contributed by atoms with Gasteiger partial charge in [-0.05, 0) is 55.3 Å². The average Bonchev–Trinajstić information content (AvgIpc) is 3.01. The fourth-order valence-corrected chi connectivity index (χ4v) is 5.67. The van der Waals surface area contributed by atoms with E-state index in [1.54, 1.807) is 32.9 Å². The number of halogens is 1. The van der Waals surface area contributed by atoms with Crippen LogP contribution in [0.3, 0.4) is 0 Å². The van der Waals surface area contributed by atoms with Gasteiger partial charge in [0.25, 0.3) is 0 Å². The summed E-state index contributed by atoms with van der Waals surface area (Å²) in [4.78, 5) is 12.1. The highest BCUT2D eigenvalue weighted by Gasteiger charge is 2.35. The first-order valence-electron chi connectivity index (χ1n) is 8.78. The molecule has 1 amide bonds. The van der Waals surface area contributed by atoms with Crippen molar-refractivity contribution in [2.24, 2.45) is 0 Å². The second-order valence-electron chi connectivity index (χ2n) is 7.68. The molecule has 1 atom stereocenters. The number of rotatable bonds is 3. The molecule has 0 saturated carbocycles. The molecular formula is C18H22BrN3O5S. The van der Waals surface area contributed by atoms with E-state index in [1.165, 1.54) is 22.8 Å². The zero-order valence-corrected chi connectivity index (χ0v) is 18.2. The molecule has 152 valence electrons. The van der Waals surface area contributed by atoms with Crippen LogP contribution in [0.2, 0.25) is 0 Å². The molecule has 0 radical (unpaired) electrons. The summed E-state index contributed by atoms with van der Waals surface area (Å²) < 4.78 is 34.0. The SMILES string of the molecule is CC(C)(C)OC(=O)NC1CCN(S(=O)(=O)c2cccc3c[n+]([O-])cc(Br)c23)C1. The lowest BCUT2D eigenvalue weighted by Gasteiger charge is -2.22. The van der Waals surface area contributed by atoms with Gasteiger partial charge in [-0.1, -0.05) is 6.07 Å². The monoisotopic (exact) mass is 471 g/mol. The van der Waals surface area contributed by atoms with E-state index in [1.807, 2.05) is 0 Å². The van der Waals surface area contributed by atoms with Gasteiger partial charge in [0.1, 0.15) is 5.60 Å². The highest BCUT2D eigenvalue weighted by Crippen LogP contribution is 2.32. The molecule has 0 bridgehead atoms. The van der Waals surface area contributed by atoms with Crippen LogP contribution in [0.15, 0.2) is 40.0 Å². The lowest BCUT2D eigenvalue weighted by molar-refractivity contribution is -0.604. The van der Waals surface area contributed by atoms with Crippen LogP contribution in [0.5, 0.6) is 0 Å².